The zero-order chi connectivity index (χ0) is 19.5. The van der Waals surface area contributed by atoms with Gasteiger partial charge >= 0.3 is 163 Å². The average molecular weight is 501 g/mol. The zero-order valence-corrected chi connectivity index (χ0v) is 16.2. The van der Waals surface area contributed by atoms with Gasteiger partial charge in [-0.3, -0.25) is 0 Å². The number of alkyl halides is 2. The van der Waals surface area contributed by atoms with Crippen LogP contribution in [0.3, 0.4) is 0 Å². The molecule has 0 aliphatic heterocycles. The molecule has 0 radical (unpaired) electrons. The fraction of sp³-hybridized carbons (Fsp3) is 0.188. The normalized spacial score (nSPS) is 11.8. The van der Waals surface area contributed by atoms with Crippen LogP contribution in [0, 0.1) is 19.8 Å². The minimum atomic E-state index is -3.22. The van der Waals surface area contributed by atoms with Gasteiger partial charge in [0.1, 0.15) is 0 Å². The average Bonchev–Trinajstić information content (AvgIpc) is 2.53. The van der Waals surface area contributed by atoms with Crippen molar-refractivity contribution in [2.45, 2.75) is 12.8 Å². The first kappa shape index (κ1) is 20.9. The number of carbonyl (C=O) groups excluding carboxylic acids is 1. The van der Waals surface area contributed by atoms with Gasteiger partial charge in [-0.1, -0.05) is 0 Å². The van der Waals surface area contributed by atoms with Crippen LogP contribution in [0.4, 0.5) is 18.9 Å². The molecule has 0 atom stereocenters. The molecule has 1 amide bonds. The summed E-state index contributed by atoms with van der Waals surface area (Å²) < 4.78 is 39.4. The van der Waals surface area contributed by atoms with Crippen LogP contribution in [0.2, 0.25) is 5.02 Å². The van der Waals surface area contributed by atoms with Crippen LogP contribution >= 0.6 is 11.6 Å². The van der Waals surface area contributed by atoms with Gasteiger partial charge in [0.2, 0.25) is 0 Å². The molecule has 0 saturated carbocycles. The maximum absolute atomic E-state index is 13.6. The van der Waals surface area contributed by atoms with E-state index < -0.39 is 49.1 Å². The Kier molecular flexibility index (Phi) is 6.86. The molecule has 5 nitrogen and oxygen atoms in total. The van der Waals surface area contributed by atoms with E-state index in [0.29, 0.717) is 10.5 Å². The predicted molar refractivity (Wildman–Crippen MR) is 86.5 cm³/mol. The Bertz CT molecular complexity index is 785. The van der Waals surface area contributed by atoms with Gasteiger partial charge in [0.15, 0.2) is 0 Å². The van der Waals surface area contributed by atoms with Crippen molar-refractivity contribution < 1.29 is 42.9 Å². The van der Waals surface area contributed by atoms with E-state index in [4.69, 9.17) is 11.6 Å². The van der Waals surface area contributed by atoms with Crippen molar-refractivity contribution in [3.05, 3.63) is 72.9 Å². The zero-order valence-electron chi connectivity index (χ0n) is 13.3. The van der Waals surface area contributed by atoms with E-state index in [2.05, 4.69) is 0 Å². The van der Waals surface area contributed by atoms with Crippen molar-refractivity contribution in [3.8, 4) is 0 Å². The van der Waals surface area contributed by atoms with Gasteiger partial charge in [-0.05, 0) is 0 Å². The molecule has 0 bridgehead atoms. The second-order valence-electron chi connectivity index (χ2n) is 5.39. The van der Waals surface area contributed by atoms with Crippen LogP contribution in [0.15, 0.2) is 42.5 Å². The van der Waals surface area contributed by atoms with E-state index in [1.54, 1.807) is 0 Å². The standard InChI is InChI=1S/C16H13ClF3IN2O3/c1-16(19,20)9-22(12-5-2-10(18)3-6-12)15(24)13-8-11(21-23(25)26)4-7-14(13)17/h2-8,23H,9H2,1H3/q-2. The number of hydrogen-bond donors (Lipinski definition) is 1. The molecule has 0 saturated heterocycles. The van der Waals surface area contributed by atoms with Gasteiger partial charge in [-0.15, -0.1) is 0 Å². The van der Waals surface area contributed by atoms with Crippen molar-refractivity contribution >= 4 is 23.2 Å². The topological polar surface area (TPSA) is 70.9 Å². The summed E-state index contributed by atoms with van der Waals surface area (Å²) in [6.45, 7) is -0.302. The molecule has 0 fully saturated rings. The fourth-order valence-corrected chi connectivity index (χ4v) is 3.67. The Morgan fingerprint density at radius 2 is 1.85 bits per heavy atom. The molecule has 0 heterocycles. The van der Waals surface area contributed by atoms with Crippen molar-refractivity contribution in [2.75, 3.05) is 11.4 Å². The molecule has 0 spiro atoms. The van der Waals surface area contributed by atoms with Gasteiger partial charge in [-0.25, -0.2) is 0 Å². The number of nitrogens with zero attached hydrogens (tertiary/aromatic N) is 1. The summed E-state index contributed by atoms with van der Waals surface area (Å²) in [6.07, 6.45) is 0. The number of amides is 1. The first-order chi connectivity index (χ1) is 12.1. The molecule has 26 heavy (non-hydrogen) atoms. The van der Waals surface area contributed by atoms with Crippen LogP contribution in [-0.4, -0.2) is 18.4 Å². The summed E-state index contributed by atoms with van der Waals surface area (Å²) >= 11 is 4.49. The van der Waals surface area contributed by atoms with Crippen molar-refractivity contribution in [2.24, 2.45) is 0 Å². The number of anilines is 1. The number of rotatable bonds is 6. The van der Waals surface area contributed by atoms with E-state index in [-0.39, 0.29) is 16.3 Å². The first-order valence-corrected chi connectivity index (χ1v) is 9.71. The molecule has 2 rings (SSSR count). The third-order valence-corrected chi connectivity index (χ3v) is 5.23. The molecule has 2 aromatic carbocycles. The van der Waals surface area contributed by atoms with Crippen molar-refractivity contribution in [3.63, 3.8) is 0 Å². The molecular formula is C16H13ClF3IN2O3-2. The maximum atomic E-state index is 13.6. The van der Waals surface area contributed by atoms with Gasteiger partial charge in [0.05, 0.1) is 0 Å². The Labute approximate surface area is 163 Å². The van der Waals surface area contributed by atoms with Gasteiger partial charge in [0, 0.05) is 0 Å². The minimum absolute atomic E-state index is 0.00682. The summed E-state index contributed by atoms with van der Waals surface area (Å²) in [5.74, 6) is -4.64. The molecule has 1 N–H and O–H groups in total. The summed E-state index contributed by atoms with van der Waals surface area (Å²) in [7, 11) is 0. The first-order valence-electron chi connectivity index (χ1n) is 7.17. The molecule has 2 aromatic rings. The molecule has 0 unspecified atom stereocenters. The Morgan fingerprint density at radius 3 is 2.38 bits per heavy atom. The van der Waals surface area contributed by atoms with Crippen LogP contribution in [-0.2, 0) is 0 Å². The summed E-state index contributed by atoms with van der Waals surface area (Å²) in [6, 6.07) is 8.53. The number of nitrogens with one attached hydrogen (secondary N) is 1. The van der Waals surface area contributed by atoms with E-state index in [1.807, 2.05) is 0 Å². The van der Waals surface area contributed by atoms with Crippen molar-refractivity contribution in [1.82, 2.24) is 0 Å². The Balaban J connectivity index is 2.44. The molecule has 0 aliphatic carbocycles. The molecule has 0 aromatic heterocycles. The number of quaternary nitrogens is 1. The van der Waals surface area contributed by atoms with Crippen LogP contribution in [0.25, 0.3) is 0 Å². The Morgan fingerprint density at radius 1 is 1.23 bits per heavy atom. The summed E-state index contributed by atoms with van der Waals surface area (Å²) in [4.78, 5) is 13.6. The molecular weight excluding hydrogens is 488 g/mol. The number of carbonyl (C=O) groups is 1. The second-order valence-corrected chi connectivity index (χ2v) is 8.47. The van der Waals surface area contributed by atoms with E-state index in [1.165, 1.54) is 30.3 Å². The van der Waals surface area contributed by atoms with Crippen LogP contribution in [0.5, 0.6) is 0 Å². The number of hydrogen-bond acceptors (Lipinski definition) is 3. The third kappa shape index (κ3) is 5.81. The fourth-order valence-electron chi connectivity index (χ4n) is 2.13. The summed E-state index contributed by atoms with van der Waals surface area (Å²) in [5.41, 5.74) is -0.0484. The van der Waals surface area contributed by atoms with Gasteiger partial charge in [-0.2, -0.15) is 0 Å². The third-order valence-electron chi connectivity index (χ3n) is 3.16. The van der Waals surface area contributed by atoms with Gasteiger partial charge < -0.3 is 0 Å². The second kappa shape index (κ2) is 8.53. The van der Waals surface area contributed by atoms with Crippen molar-refractivity contribution in [1.29, 1.82) is 0 Å². The number of benzene rings is 2. The van der Waals surface area contributed by atoms with Crippen LogP contribution in [0.1, 0.15) is 17.3 Å². The molecule has 10 heteroatoms. The number of halogens is 5. The van der Waals surface area contributed by atoms with E-state index >= 15 is 0 Å². The summed E-state index contributed by atoms with van der Waals surface area (Å²) in [5, 5.41) is 21.6. The quantitative estimate of drug-likeness (QED) is 0.340. The SMILES string of the molecule is CC(F)(F)CN(C(=O)c1cc([I-][NH+]([O-])[O-])ccc1Cl)c1ccc(F)cc1. The van der Waals surface area contributed by atoms with E-state index in [9.17, 15) is 28.4 Å². The van der Waals surface area contributed by atoms with Crippen LogP contribution < -0.4 is 29.8 Å². The molecule has 0 aliphatic rings. The van der Waals surface area contributed by atoms with E-state index in [0.717, 1.165) is 17.0 Å². The molecule has 142 valence electrons. The Hall–Kier alpha value is -1.40. The predicted octanol–water partition coefficient (Wildman–Crippen LogP) is -0.165. The monoisotopic (exact) mass is 500 g/mol. The van der Waals surface area contributed by atoms with Gasteiger partial charge in [0.25, 0.3) is 0 Å².